The minimum absolute atomic E-state index is 0.151. The van der Waals surface area contributed by atoms with Crippen LogP contribution in [0.1, 0.15) is 23.6 Å². The van der Waals surface area contributed by atoms with Gasteiger partial charge in [0.15, 0.2) is 0 Å². The van der Waals surface area contributed by atoms with Gasteiger partial charge in [-0.05, 0) is 35.2 Å². The second kappa shape index (κ2) is 6.92. The van der Waals surface area contributed by atoms with Gasteiger partial charge in [0.2, 0.25) is 0 Å². The lowest BCUT2D eigenvalue weighted by atomic mass is 10.0. The van der Waals surface area contributed by atoms with Gasteiger partial charge in [-0.3, -0.25) is 4.79 Å². The van der Waals surface area contributed by atoms with Crippen LogP contribution in [0.3, 0.4) is 0 Å². The quantitative estimate of drug-likeness (QED) is 0.767. The van der Waals surface area contributed by atoms with Crippen molar-refractivity contribution in [2.45, 2.75) is 26.2 Å². The molecule has 0 aromatic heterocycles. The molecule has 0 aliphatic heterocycles. The first-order chi connectivity index (χ1) is 9.58. The van der Waals surface area contributed by atoms with Crippen molar-refractivity contribution in [3.8, 4) is 0 Å². The fourth-order valence-electron chi connectivity index (χ4n) is 2.06. The Hall–Kier alpha value is -1.31. The highest BCUT2D eigenvalue weighted by atomic mass is 35.5. The van der Waals surface area contributed by atoms with Gasteiger partial charge in [0.25, 0.3) is 0 Å². The minimum Gasteiger partial charge on any atom is -0.299 e. The molecular weight excluding hydrogens is 291 g/mol. The Morgan fingerprint density at radius 3 is 2.20 bits per heavy atom. The van der Waals surface area contributed by atoms with Crippen molar-refractivity contribution in [3.63, 3.8) is 0 Å². The van der Waals surface area contributed by atoms with Gasteiger partial charge in [0, 0.05) is 22.9 Å². The number of Topliss-reactive ketones (excluding diaryl/α,β-unsaturated/α-hetero) is 1. The number of hydrogen-bond donors (Lipinski definition) is 0. The third-order valence-electron chi connectivity index (χ3n) is 3.24. The highest BCUT2D eigenvalue weighted by molar-refractivity contribution is 6.35. The summed E-state index contributed by atoms with van der Waals surface area (Å²) in [5.74, 6) is 0.151. The smallest absolute Gasteiger partial charge is 0.141 e. The van der Waals surface area contributed by atoms with Gasteiger partial charge >= 0.3 is 0 Å². The minimum atomic E-state index is 0.151. The molecule has 0 bridgehead atoms. The van der Waals surface area contributed by atoms with Gasteiger partial charge in [-0.15, -0.1) is 0 Å². The summed E-state index contributed by atoms with van der Waals surface area (Å²) < 4.78 is 0. The topological polar surface area (TPSA) is 17.1 Å². The largest absolute Gasteiger partial charge is 0.299 e. The first-order valence-corrected chi connectivity index (χ1v) is 7.37. The van der Waals surface area contributed by atoms with Crippen molar-refractivity contribution in [3.05, 3.63) is 69.2 Å². The average molecular weight is 307 g/mol. The second-order valence-electron chi connectivity index (χ2n) is 4.80. The predicted molar refractivity (Wildman–Crippen MR) is 84.7 cm³/mol. The first-order valence-electron chi connectivity index (χ1n) is 6.62. The molecular formula is C17H16Cl2O. The molecule has 0 amide bonds. The van der Waals surface area contributed by atoms with E-state index in [0.717, 1.165) is 17.5 Å². The Morgan fingerprint density at radius 1 is 0.950 bits per heavy atom. The molecule has 0 unspecified atom stereocenters. The summed E-state index contributed by atoms with van der Waals surface area (Å²) in [5, 5.41) is 1.13. The van der Waals surface area contributed by atoms with E-state index in [1.54, 1.807) is 12.1 Å². The normalized spacial score (nSPS) is 10.6. The number of aryl methyl sites for hydroxylation is 1. The van der Waals surface area contributed by atoms with Crippen LogP contribution in [0.15, 0.2) is 42.5 Å². The number of carbonyl (C=O) groups excluding carboxylic acids is 1. The molecule has 2 aromatic carbocycles. The molecule has 0 aliphatic carbocycles. The average Bonchev–Trinajstić information content (AvgIpc) is 2.43. The van der Waals surface area contributed by atoms with E-state index >= 15 is 0 Å². The van der Waals surface area contributed by atoms with E-state index < -0.39 is 0 Å². The summed E-state index contributed by atoms with van der Waals surface area (Å²) >= 11 is 11.9. The van der Waals surface area contributed by atoms with Crippen LogP contribution in [-0.2, 0) is 24.1 Å². The molecule has 3 heteroatoms. The van der Waals surface area contributed by atoms with Crippen molar-refractivity contribution in [2.24, 2.45) is 0 Å². The Morgan fingerprint density at radius 2 is 1.60 bits per heavy atom. The zero-order chi connectivity index (χ0) is 14.5. The standard InChI is InChI=1S/C17H16Cl2O/c1-2-12-3-5-13(6-4-12)9-16(20)10-14-7-8-15(18)11-17(14)19/h3-8,11H,2,9-10H2,1H3. The highest BCUT2D eigenvalue weighted by Crippen LogP contribution is 2.22. The van der Waals surface area contributed by atoms with Crippen molar-refractivity contribution in [1.29, 1.82) is 0 Å². The number of hydrogen-bond acceptors (Lipinski definition) is 1. The van der Waals surface area contributed by atoms with Crippen LogP contribution < -0.4 is 0 Å². The van der Waals surface area contributed by atoms with Crippen LogP contribution >= 0.6 is 23.2 Å². The Bertz CT molecular complexity index is 603. The van der Waals surface area contributed by atoms with Crippen molar-refractivity contribution < 1.29 is 4.79 Å². The number of halogens is 2. The third kappa shape index (κ3) is 4.09. The molecule has 0 radical (unpaired) electrons. The first kappa shape index (κ1) is 15.1. The number of carbonyl (C=O) groups is 1. The van der Waals surface area contributed by atoms with Crippen molar-refractivity contribution in [1.82, 2.24) is 0 Å². The molecule has 0 saturated carbocycles. The van der Waals surface area contributed by atoms with Crippen molar-refractivity contribution >= 4 is 29.0 Å². The van der Waals surface area contributed by atoms with E-state index in [9.17, 15) is 4.79 Å². The molecule has 0 N–H and O–H groups in total. The maximum atomic E-state index is 12.1. The maximum Gasteiger partial charge on any atom is 0.141 e. The molecule has 0 spiro atoms. The molecule has 2 aromatic rings. The summed E-state index contributed by atoms with van der Waals surface area (Å²) in [6.45, 7) is 2.11. The van der Waals surface area contributed by atoms with Gasteiger partial charge in [-0.1, -0.05) is 60.5 Å². The molecule has 2 rings (SSSR count). The summed E-state index contributed by atoms with van der Waals surface area (Å²) in [5.41, 5.74) is 3.14. The summed E-state index contributed by atoms with van der Waals surface area (Å²) in [7, 11) is 0. The molecule has 104 valence electrons. The Balaban J connectivity index is 2.01. The zero-order valence-corrected chi connectivity index (χ0v) is 12.8. The lowest BCUT2D eigenvalue weighted by Gasteiger charge is -2.05. The Labute approximate surface area is 129 Å². The van der Waals surface area contributed by atoms with E-state index in [-0.39, 0.29) is 5.78 Å². The molecule has 0 fully saturated rings. The summed E-state index contributed by atoms with van der Waals surface area (Å²) in [6, 6.07) is 13.4. The molecule has 0 atom stereocenters. The maximum absolute atomic E-state index is 12.1. The van der Waals surface area contributed by atoms with Gasteiger partial charge in [0.05, 0.1) is 0 Å². The summed E-state index contributed by atoms with van der Waals surface area (Å²) in [4.78, 5) is 12.1. The third-order valence-corrected chi connectivity index (χ3v) is 3.82. The lowest BCUT2D eigenvalue weighted by molar-refractivity contribution is -0.117. The number of rotatable bonds is 5. The summed E-state index contributed by atoms with van der Waals surface area (Å²) in [6.07, 6.45) is 1.78. The fourth-order valence-corrected chi connectivity index (χ4v) is 2.54. The fraction of sp³-hybridized carbons (Fsp3) is 0.235. The van der Waals surface area contributed by atoms with Crippen molar-refractivity contribution in [2.75, 3.05) is 0 Å². The van der Waals surface area contributed by atoms with E-state index in [0.29, 0.717) is 22.9 Å². The predicted octanol–water partition coefficient (Wildman–Crippen LogP) is 4.91. The van der Waals surface area contributed by atoms with E-state index in [4.69, 9.17) is 23.2 Å². The van der Waals surface area contributed by atoms with Gasteiger partial charge in [0.1, 0.15) is 5.78 Å². The van der Waals surface area contributed by atoms with Gasteiger partial charge < -0.3 is 0 Å². The molecule has 0 saturated heterocycles. The molecule has 0 aliphatic rings. The zero-order valence-electron chi connectivity index (χ0n) is 11.3. The van der Waals surface area contributed by atoms with E-state index in [1.165, 1.54) is 5.56 Å². The van der Waals surface area contributed by atoms with Crippen LogP contribution in [-0.4, -0.2) is 5.78 Å². The monoisotopic (exact) mass is 306 g/mol. The Kier molecular flexibility index (Phi) is 5.22. The van der Waals surface area contributed by atoms with Crippen LogP contribution in [0.4, 0.5) is 0 Å². The second-order valence-corrected chi connectivity index (χ2v) is 5.64. The molecule has 1 nitrogen and oxygen atoms in total. The molecule has 20 heavy (non-hydrogen) atoms. The van der Waals surface area contributed by atoms with E-state index in [1.807, 2.05) is 18.2 Å². The highest BCUT2D eigenvalue weighted by Gasteiger charge is 2.08. The lowest BCUT2D eigenvalue weighted by Crippen LogP contribution is -2.07. The van der Waals surface area contributed by atoms with Crippen LogP contribution in [0.25, 0.3) is 0 Å². The SMILES string of the molecule is CCc1ccc(CC(=O)Cc2ccc(Cl)cc2Cl)cc1. The van der Waals surface area contributed by atoms with Crippen LogP contribution in [0.5, 0.6) is 0 Å². The molecule has 0 heterocycles. The van der Waals surface area contributed by atoms with Gasteiger partial charge in [-0.25, -0.2) is 0 Å². The van der Waals surface area contributed by atoms with Gasteiger partial charge in [-0.2, -0.15) is 0 Å². The van der Waals surface area contributed by atoms with Crippen LogP contribution in [0.2, 0.25) is 10.0 Å². The number of ketones is 1. The number of benzene rings is 2. The van der Waals surface area contributed by atoms with Crippen LogP contribution in [0, 0.1) is 0 Å². The van der Waals surface area contributed by atoms with E-state index in [2.05, 4.69) is 19.1 Å².